The van der Waals surface area contributed by atoms with Crippen molar-refractivity contribution in [1.82, 2.24) is 10.2 Å². The molecule has 1 fully saturated rings. The fourth-order valence-corrected chi connectivity index (χ4v) is 4.56. The Hall–Kier alpha value is -2.21. The first-order valence-electron chi connectivity index (χ1n) is 9.88. The van der Waals surface area contributed by atoms with Gasteiger partial charge in [-0.25, -0.2) is 0 Å². The van der Waals surface area contributed by atoms with Gasteiger partial charge in [-0.2, -0.15) is 0 Å². The second kappa shape index (κ2) is 7.43. The van der Waals surface area contributed by atoms with Crippen molar-refractivity contribution >= 4 is 40.9 Å². The van der Waals surface area contributed by atoms with E-state index in [9.17, 15) is 9.59 Å². The number of rotatable bonds is 4. The lowest BCUT2D eigenvalue weighted by Gasteiger charge is -2.37. The molecule has 0 aromatic heterocycles. The molecule has 0 aliphatic carbocycles. The van der Waals surface area contributed by atoms with Gasteiger partial charge in [-0.1, -0.05) is 13.3 Å². The van der Waals surface area contributed by atoms with Gasteiger partial charge in [0.15, 0.2) is 5.11 Å². The summed E-state index contributed by atoms with van der Waals surface area (Å²) in [5.74, 6) is -0.684. The summed E-state index contributed by atoms with van der Waals surface area (Å²) in [6, 6.07) is 4.29. The van der Waals surface area contributed by atoms with Crippen molar-refractivity contribution in [1.29, 1.82) is 0 Å². The molecule has 0 radical (unpaired) electrons. The molecule has 3 aliphatic rings. The monoisotopic (exact) mass is 383 g/mol. The van der Waals surface area contributed by atoms with E-state index in [1.807, 2.05) is 0 Å². The fourth-order valence-electron chi connectivity index (χ4n) is 4.29. The first kappa shape index (κ1) is 18.2. The lowest BCUT2D eigenvalue weighted by molar-refractivity contribution is -0.128. The maximum absolute atomic E-state index is 12.9. The van der Waals surface area contributed by atoms with E-state index in [4.69, 9.17) is 12.2 Å². The maximum atomic E-state index is 12.9. The normalized spacial score (nSPS) is 20.8. The van der Waals surface area contributed by atoms with Crippen LogP contribution in [0.3, 0.4) is 0 Å². The standard InChI is InChI=1S/C21H25N3O2S/c1-2-3-10-24-20(26)17(19(25)22-21(24)27)13-14-11-15-6-4-8-23-9-5-7-16(12-14)18(15)23/h11-13H,2-10H2,1H3,(H,22,25,27). The third kappa shape index (κ3) is 3.38. The van der Waals surface area contributed by atoms with Gasteiger partial charge in [-0.05, 0) is 79.2 Å². The number of carbonyl (C=O) groups excluding carboxylic acids is 2. The summed E-state index contributed by atoms with van der Waals surface area (Å²) >= 11 is 5.19. The van der Waals surface area contributed by atoms with Gasteiger partial charge >= 0.3 is 0 Å². The van der Waals surface area contributed by atoms with Crippen LogP contribution in [0.2, 0.25) is 0 Å². The van der Waals surface area contributed by atoms with Gasteiger partial charge in [0.05, 0.1) is 0 Å². The molecule has 0 spiro atoms. The zero-order chi connectivity index (χ0) is 19.0. The molecular weight excluding hydrogens is 358 g/mol. The highest BCUT2D eigenvalue weighted by Crippen LogP contribution is 2.36. The quantitative estimate of drug-likeness (QED) is 0.494. The number of anilines is 1. The molecule has 5 nitrogen and oxygen atoms in total. The molecule has 4 rings (SSSR count). The smallest absolute Gasteiger partial charge is 0.265 e. The van der Waals surface area contributed by atoms with Crippen LogP contribution in [0, 0.1) is 0 Å². The SMILES string of the molecule is CCCCN1C(=O)C(=Cc2cc3c4c(c2)CCCN4CCC3)C(=O)NC1=S. The van der Waals surface area contributed by atoms with E-state index >= 15 is 0 Å². The molecule has 3 aliphatic heterocycles. The summed E-state index contributed by atoms with van der Waals surface area (Å²) in [7, 11) is 0. The van der Waals surface area contributed by atoms with Crippen LogP contribution in [0.15, 0.2) is 17.7 Å². The Bertz CT molecular complexity index is 815. The lowest BCUT2D eigenvalue weighted by Crippen LogP contribution is -2.54. The van der Waals surface area contributed by atoms with Crippen LogP contribution in [0.1, 0.15) is 49.3 Å². The average molecular weight is 384 g/mol. The van der Waals surface area contributed by atoms with Crippen molar-refractivity contribution in [2.45, 2.75) is 45.4 Å². The number of nitrogens with one attached hydrogen (secondary N) is 1. The van der Waals surface area contributed by atoms with Crippen LogP contribution in [0.5, 0.6) is 0 Å². The zero-order valence-electron chi connectivity index (χ0n) is 15.7. The number of amides is 2. The minimum absolute atomic E-state index is 0.176. The average Bonchev–Trinajstić information content (AvgIpc) is 2.65. The number of thiocarbonyl (C=S) groups is 1. The molecule has 0 saturated carbocycles. The highest BCUT2D eigenvalue weighted by Gasteiger charge is 2.33. The van der Waals surface area contributed by atoms with E-state index in [0.717, 1.165) is 57.2 Å². The molecule has 0 unspecified atom stereocenters. The van der Waals surface area contributed by atoms with Crippen LogP contribution in [-0.2, 0) is 22.4 Å². The van der Waals surface area contributed by atoms with Crippen LogP contribution < -0.4 is 10.2 Å². The highest BCUT2D eigenvalue weighted by molar-refractivity contribution is 7.80. The second-order valence-electron chi connectivity index (χ2n) is 7.51. The Balaban J connectivity index is 1.69. The molecule has 2 amide bonds. The Morgan fingerprint density at radius 3 is 2.44 bits per heavy atom. The molecule has 1 aromatic rings. The molecule has 0 bridgehead atoms. The fraction of sp³-hybridized carbons (Fsp3) is 0.476. The van der Waals surface area contributed by atoms with Gasteiger partial charge in [-0.3, -0.25) is 19.8 Å². The first-order chi connectivity index (χ1) is 13.1. The minimum atomic E-state index is -0.397. The van der Waals surface area contributed by atoms with Gasteiger partial charge in [0.2, 0.25) is 0 Å². The number of hydrogen-bond acceptors (Lipinski definition) is 4. The van der Waals surface area contributed by atoms with Crippen molar-refractivity contribution < 1.29 is 9.59 Å². The largest absolute Gasteiger partial charge is 0.371 e. The molecule has 1 saturated heterocycles. The van der Waals surface area contributed by atoms with E-state index < -0.39 is 5.91 Å². The van der Waals surface area contributed by atoms with Crippen LogP contribution in [-0.4, -0.2) is 41.5 Å². The summed E-state index contributed by atoms with van der Waals surface area (Å²) in [6.07, 6.45) is 7.99. The summed E-state index contributed by atoms with van der Waals surface area (Å²) < 4.78 is 0. The third-order valence-electron chi connectivity index (χ3n) is 5.59. The van der Waals surface area contributed by atoms with Crippen molar-refractivity contribution in [2.75, 3.05) is 24.5 Å². The molecule has 3 heterocycles. The minimum Gasteiger partial charge on any atom is -0.371 e. The molecule has 1 aromatic carbocycles. The van der Waals surface area contributed by atoms with Gasteiger partial charge < -0.3 is 4.90 Å². The van der Waals surface area contributed by atoms with E-state index in [1.54, 1.807) is 6.08 Å². The van der Waals surface area contributed by atoms with E-state index in [0.29, 0.717) is 6.54 Å². The van der Waals surface area contributed by atoms with E-state index in [2.05, 4.69) is 29.3 Å². The Morgan fingerprint density at radius 1 is 1.15 bits per heavy atom. The van der Waals surface area contributed by atoms with Gasteiger partial charge in [0.25, 0.3) is 11.8 Å². The van der Waals surface area contributed by atoms with Crippen molar-refractivity contribution in [3.05, 3.63) is 34.4 Å². The predicted molar refractivity (Wildman–Crippen MR) is 111 cm³/mol. The van der Waals surface area contributed by atoms with Crippen molar-refractivity contribution in [3.63, 3.8) is 0 Å². The number of aryl methyl sites for hydroxylation is 2. The summed E-state index contributed by atoms with van der Waals surface area (Å²) in [5.41, 5.74) is 5.18. The molecule has 27 heavy (non-hydrogen) atoms. The third-order valence-corrected chi connectivity index (χ3v) is 5.91. The molecule has 6 heteroatoms. The van der Waals surface area contributed by atoms with Crippen LogP contribution in [0.25, 0.3) is 6.08 Å². The Labute approximate surface area is 165 Å². The number of benzene rings is 1. The summed E-state index contributed by atoms with van der Waals surface area (Å²) in [5, 5.41) is 2.88. The topological polar surface area (TPSA) is 52.7 Å². The summed E-state index contributed by atoms with van der Waals surface area (Å²) in [4.78, 5) is 29.3. The number of carbonyl (C=O) groups is 2. The molecule has 1 N–H and O–H groups in total. The molecule has 142 valence electrons. The number of nitrogens with zero attached hydrogens (tertiary/aromatic N) is 2. The van der Waals surface area contributed by atoms with Crippen molar-refractivity contribution in [3.8, 4) is 0 Å². The van der Waals surface area contributed by atoms with Crippen molar-refractivity contribution in [2.24, 2.45) is 0 Å². The molecule has 0 atom stereocenters. The second-order valence-corrected chi connectivity index (χ2v) is 7.90. The Kier molecular flexibility index (Phi) is 5.00. The predicted octanol–water partition coefficient (Wildman–Crippen LogP) is 2.81. The number of hydrogen-bond donors (Lipinski definition) is 1. The maximum Gasteiger partial charge on any atom is 0.265 e. The zero-order valence-corrected chi connectivity index (χ0v) is 16.5. The van der Waals surface area contributed by atoms with Gasteiger partial charge in [0.1, 0.15) is 5.57 Å². The Morgan fingerprint density at radius 2 is 1.81 bits per heavy atom. The molecular formula is C21H25N3O2S. The number of unbranched alkanes of at least 4 members (excludes halogenated alkanes) is 1. The van der Waals surface area contributed by atoms with E-state index in [-0.39, 0.29) is 16.6 Å². The van der Waals surface area contributed by atoms with Gasteiger partial charge in [0, 0.05) is 25.3 Å². The lowest BCUT2D eigenvalue weighted by atomic mass is 9.89. The van der Waals surface area contributed by atoms with Crippen LogP contribution >= 0.6 is 12.2 Å². The summed E-state index contributed by atoms with van der Waals surface area (Å²) in [6.45, 7) is 4.86. The van der Waals surface area contributed by atoms with Gasteiger partial charge in [-0.15, -0.1) is 0 Å². The highest BCUT2D eigenvalue weighted by atomic mass is 32.1. The first-order valence-corrected chi connectivity index (χ1v) is 10.3. The van der Waals surface area contributed by atoms with Crippen LogP contribution in [0.4, 0.5) is 5.69 Å². The van der Waals surface area contributed by atoms with E-state index in [1.165, 1.54) is 21.7 Å².